The summed E-state index contributed by atoms with van der Waals surface area (Å²) in [6, 6.07) is 2.44. The van der Waals surface area contributed by atoms with Gasteiger partial charge in [0, 0.05) is 23.6 Å². The topological polar surface area (TPSA) is 37.8 Å². The Morgan fingerprint density at radius 2 is 2.05 bits per heavy atom. The number of rotatable bonds is 3. The van der Waals surface area contributed by atoms with Gasteiger partial charge >= 0.3 is 6.18 Å². The molecule has 0 bridgehead atoms. The molecule has 0 atom stereocenters. The fraction of sp³-hybridized carbons (Fsp3) is 0.273. The maximum Gasteiger partial charge on any atom is 0.417 e. The molecule has 0 fully saturated rings. The standard InChI is InChI=1S/C11H9F4N3S/c1-2-16-10-17-9(18-19-10)7-4-3-6(12)5-8(7)11(13,14)15/h3-5H,2H2,1H3,(H,16,17,18). The molecular weight excluding hydrogens is 282 g/mol. The minimum Gasteiger partial charge on any atom is -0.361 e. The Balaban J connectivity index is 2.48. The Morgan fingerprint density at radius 1 is 1.32 bits per heavy atom. The highest BCUT2D eigenvalue weighted by molar-refractivity contribution is 7.09. The van der Waals surface area contributed by atoms with E-state index in [4.69, 9.17) is 0 Å². The minimum absolute atomic E-state index is 0.0618. The molecule has 8 heteroatoms. The quantitative estimate of drug-likeness (QED) is 0.874. The van der Waals surface area contributed by atoms with Crippen LogP contribution in [0.25, 0.3) is 11.4 Å². The lowest BCUT2D eigenvalue weighted by Gasteiger charge is -2.10. The molecule has 1 aromatic carbocycles. The van der Waals surface area contributed by atoms with Crippen LogP contribution in [0.4, 0.5) is 22.7 Å². The largest absolute Gasteiger partial charge is 0.417 e. The fourth-order valence-electron chi connectivity index (χ4n) is 1.50. The SMILES string of the molecule is CCNc1nc(-c2ccc(F)cc2C(F)(F)F)ns1. The third kappa shape index (κ3) is 3.01. The monoisotopic (exact) mass is 291 g/mol. The predicted octanol–water partition coefficient (Wildman–Crippen LogP) is 3.79. The zero-order valence-corrected chi connectivity index (χ0v) is 10.6. The van der Waals surface area contributed by atoms with Gasteiger partial charge < -0.3 is 5.32 Å². The molecule has 1 heterocycles. The van der Waals surface area contributed by atoms with Gasteiger partial charge in [-0.1, -0.05) is 0 Å². The molecule has 0 aliphatic carbocycles. The number of nitrogens with one attached hydrogen (secondary N) is 1. The van der Waals surface area contributed by atoms with E-state index in [9.17, 15) is 17.6 Å². The van der Waals surface area contributed by atoms with Crippen LogP contribution in [-0.4, -0.2) is 15.9 Å². The first kappa shape index (κ1) is 13.7. The summed E-state index contributed by atoms with van der Waals surface area (Å²) in [5, 5.41) is 3.28. The van der Waals surface area contributed by atoms with Gasteiger partial charge in [-0.2, -0.15) is 22.5 Å². The number of hydrogen-bond donors (Lipinski definition) is 1. The number of alkyl halides is 3. The normalized spacial score (nSPS) is 11.6. The molecule has 3 nitrogen and oxygen atoms in total. The molecule has 2 aromatic rings. The van der Waals surface area contributed by atoms with Gasteiger partial charge in [-0.25, -0.2) is 4.39 Å². The van der Waals surface area contributed by atoms with E-state index in [-0.39, 0.29) is 11.4 Å². The van der Waals surface area contributed by atoms with E-state index in [2.05, 4.69) is 14.7 Å². The smallest absolute Gasteiger partial charge is 0.361 e. The van der Waals surface area contributed by atoms with Crippen LogP contribution < -0.4 is 5.32 Å². The van der Waals surface area contributed by atoms with Gasteiger partial charge in [-0.3, -0.25) is 0 Å². The Morgan fingerprint density at radius 3 is 2.68 bits per heavy atom. The molecule has 1 aromatic heterocycles. The first-order chi connectivity index (χ1) is 8.91. The van der Waals surface area contributed by atoms with Gasteiger partial charge in [0.05, 0.1) is 5.56 Å². The van der Waals surface area contributed by atoms with Crippen LogP contribution in [0.2, 0.25) is 0 Å². The maximum atomic E-state index is 13.0. The Labute approximate surface area is 110 Å². The predicted molar refractivity (Wildman–Crippen MR) is 64.5 cm³/mol. The van der Waals surface area contributed by atoms with Crippen molar-refractivity contribution in [2.75, 3.05) is 11.9 Å². The summed E-state index contributed by atoms with van der Waals surface area (Å²) in [6.45, 7) is 2.42. The summed E-state index contributed by atoms with van der Waals surface area (Å²) in [4.78, 5) is 3.95. The van der Waals surface area contributed by atoms with Crippen molar-refractivity contribution in [1.82, 2.24) is 9.36 Å². The summed E-state index contributed by atoms with van der Waals surface area (Å²) in [7, 11) is 0. The lowest BCUT2D eigenvalue weighted by atomic mass is 10.1. The number of halogens is 4. The summed E-state index contributed by atoms with van der Waals surface area (Å²) in [5.74, 6) is -1.01. The third-order valence-corrected chi connectivity index (χ3v) is 2.95. The summed E-state index contributed by atoms with van der Waals surface area (Å²) in [6.07, 6.45) is -4.65. The van der Waals surface area contributed by atoms with Crippen molar-refractivity contribution in [3.05, 3.63) is 29.6 Å². The molecule has 102 valence electrons. The van der Waals surface area contributed by atoms with E-state index in [1.54, 1.807) is 0 Å². The Kier molecular flexibility index (Phi) is 3.70. The molecule has 0 saturated heterocycles. The highest BCUT2D eigenvalue weighted by atomic mass is 32.1. The first-order valence-corrected chi connectivity index (χ1v) is 6.14. The molecule has 0 saturated carbocycles. The zero-order valence-electron chi connectivity index (χ0n) is 9.75. The van der Waals surface area contributed by atoms with Crippen molar-refractivity contribution in [2.24, 2.45) is 0 Å². The van der Waals surface area contributed by atoms with Crippen molar-refractivity contribution in [3.63, 3.8) is 0 Å². The highest BCUT2D eigenvalue weighted by Crippen LogP contribution is 2.37. The third-order valence-electron chi connectivity index (χ3n) is 2.28. The van der Waals surface area contributed by atoms with Crippen molar-refractivity contribution in [2.45, 2.75) is 13.1 Å². The second kappa shape index (κ2) is 5.12. The van der Waals surface area contributed by atoms with Crippen molar-refractivity contribution in [1.29, 1.82) is 0 Å². The fourth-order valence-corrected chi connectivity index (χ4v) is 2.15. The van der Waals surface area contributed by atoms with Gasteiger partial charge in [-0.15, -0.1) is 0 Å². The summed E-state index contributed by atoms with van der Waals surface area (Å²) < 4.78 is 55.3. The van der Waals surface area contributed by atoms with Crippen molar-refractivity contribution in [3.8, 4) is 11.4 Å². The molecule has 1 N–H and O–H groups in total. The molecule has 2 rings (SSSR count). The highest BCUT2D eigenvalue weighted by Gasteiger charge is 2.35. The Hall–Kier alpha value is -1.70. The van der Waals surface area contributed by atoms with E-state index < -0.39 is 17.6 Å². The van der Waals surface area contributed by atoms with Crippen LogP contribution in [0.3, 0.4) is 0 Å². The number of anilines is 1. The van der Waals surface area contributed by atoms with Crippen LogP contribution in [0.5, 0.6) is 0 Å². The molecule has 0 radical (unpaired) electrons. The number of aromatic nitrogens is 2. The van der Waals surface area contributed by atoms with Crippen LogP contribution in [0.1, 0.15) is 12.5 Å². The molecule has 19 heavy (non-hydrogen) atoms. The van der Waals surface area contributed by atoms with Gasteiger partial charge in [0.1, 0.15) is 5.82 Å². The van der Waals surface area contributed by atoms with Crippen molar-refractivity contribution < 1.29 is 17.6 Å². The average Bonchev–Trinajstić information content (AvgIpc) is 2.77. The van der Waals surface area contributed by atoms with E-state index in [1.807, 2.05) is 6.92 Å². The van der Waals surface area contributed by atoms with Gasteiger partial charge in [0.2, 0.25) is 5.13 Å². The second-order valence-electron chi connectivity index (χ2n) is 3.64. The van der Waals surface area contributed by atoms with Crippen LogP contribution in [0.15, 0.2) is 18.2 Å². The lowest BCUT2D eigenvalue weighted by Crippen LogP contribution is -2.08. The Bertz CT molecular complexity index is 580. The molecular formula is C11H9F4N3S. The molecule has 0 aliphatic rings. The van der Waals surface area contributed by atoms with E-state index in [0.717, 1.165) is 23.7 Å². The molecule has 0 amide bonds. The van der Waals surface area contributed by atoms with Crippen LogP contribution in [-0.2, 0) is 6.18 Å². The number of benzene rings is 1. The van der Waals surface area contributed by atoms with Gasteiger partial charge in [-0.05, 0) is 25.1 Å². The molecule has 0 aliphatic heterocycles. The molecule has 0 unspecified atom stereocenters. The summed E-state index contributed by atoms with van der Waals surface area (Å²) >= 11 is 0.959. The maximum absolute atomic E-state index is 13.0. The second-order valence-corrected chi connectivity index (χ2v) is 4.39. The van der Waals surface area contributed by atoms with Crippen LogP contribution in [0, 0.1) is 5.82 Å². The van der Waals surface area contributed by atoms with E-state index in [1.165, 1.54) is 0 Å². The van der Waals surface area contributed by atoms with Crippen LogP contribution >= 0.6 is 11.5 Å². The van der Waals surface area contributed by atoms with Gasteiger partial charge in [0.25, 0.3) is 0 Å². The summed E-state index contributed by atoms with van der Waals surface area (Å²) in [5.41, 5.74) is -1.30. The number of hydrogen-bond acceptors (Lipinski definition) is 4. The molecule has 0 spiro atoms. The first-order valence-electron chi connectivity index (χ1n) is 5.36. The van der Waals surface area contributed by atoms with Gasteiger partial charge in [0.15, 0.2) is 5.82 Å². The lowest BCUT2D eigenvalue weighted by molar-refractivity contribution is -0.137. The van der Waals surface area contributed by atoms with E-state index >= 15 is 0 Å². The minimum atomic E-state index is -4.65. The zero-order chi connectivity index (χ0) is 14.0. The average molecular weight is 291 g/mol. The van der Waals surface area contributed by atoms with Crippen molar-refractivity contribution >= 4 is 16.7 Å². The number of nitrogens with zero attached hydrogens (tertiary/aromatic N) is 2. The van der Waals surface area contributed by atoms with E-state index in [0.29, 0.717) is 17.7 Å².